The third kappa shape index (κ3) is 2.72. The van der Waals surface area contributed by atoms with Crippen LogP contribution >= 0.6 is 11.8 Å². The van der Waals surface area contributed by atoms with Crippen LogP contribution in [0.1, 0.15) is 12.8 Å². The second-order valence-corrected chi connectivity index (χ2v) is 7.22. The Labute approximate surface area is 121 Å². The molecule has 2 aliphatic rings. The molecule has 0 aromatic heterocycles. The van der Waals surface area contributed by atoms with Gasteiger partial charge in [-0.2, -0.15) is 0 Å². The number of aliphatic imine (C=N–C) groups is 1. The van der Waals surface area contributed by atoms with E-state index in [2.05, 4.69) is 4.99 Å². The van der Waals surface area contributed by atoms with Crippen LogP contribution in [0.5, 0.6) is 0 Å². The maximum Gasteiger partial charge on any atom is 0.239 e. The van der Waals surface area contributed by atoms with Gasteiger partial charge in [0.25, 0.3) is 0 Å². The molecule has 2 fully saturated rings. The molecule has 106 valence electrons. The Morgan fingerprint density at radius 3 is 2.45 bits per heavy atom. The normalized spacial score (nSPS) is 21.8. The van der Waals surface area contributed by atoms with Gasteiger partial charge in [-0.05, 0) is 37.1 Å². The second kappa shape index (κ2) is 4.87. The van der Waals surface area contributed by atoms with E-state index in [-0.39, 0.29) is 10.8 Å². The van der Waals surface area contributed by atoms with Gasteiger partial charge in [-0.15, -0.1) is 0 Å². The van der Waals surface area contributed by atoms with Crippen molar-refractivity contribution < 1.29 is 13.2 Å². The van der Waals surface area contributed by atoms with E-state index in [9.17, 15) is 13.2 Å². The summed E-state index contributed by atoms with van der Waals surface area (Å²) >= 11 is 1.41. The van der Waals surface area contributed by atoms with Gasteiger partial charge in [0.2, 0.25) is 15.9 Å². The molecule has 1 amide bonds. The lowest BCUT2D eigenvalue weighted by atomic mass is 10.3. The van der Waals surface area contributed by atoms with Gasteiger partial charge in [0.05, 0.1) is 16.3 Å². The van der Waals surface area contributed by atoms with Crippen molar-refractivity contribution in [3.8, 4) is 0 Å². The molecular weight excluding hydrogens is 298 g/mol. The summed E-state index contributed by atoms with van der Waals surface area (Å²) in [7, 11) is -3.69. The van der Waals surface area contributed by atoms with Crippen molar-refractivity contribution in [2.45, 2.75) is 23.8 Å². The number of sulfonamides is 1. The number of nitrogens with two attached hydrogens (primary N) is 1. The van der Waals surface area contributed by atoms with Crippen molar-refractivity contribution in [1.82, 2.24) is 4.90 Å². The largest absolute Gasteiger partial charge is 0.287 e. The zero-order valence-electron chi connectivity index (χ0n) is 10.5. The van der Waals surface area contributed by atoms with E-state index in [0.29, 0.717) is 22.6 Å². The van der Waals surface area contributed by atoms with Gasteiger partial charge < -0.3 is 0 Å². The summed E-state index contributed by atoms with van der Waals surface area (Å²) in [5.74, 6) is 0.516. The SMILES string of the molecule is NS(=O)(=O)c1ccc(/N=C2\SCC(=O)N2C2CC2)cc1. The van der Waals surface area contributed by atoms with E-state index in [0.717, 1.165) is 12.8 Å². The predicted octanol–water partition coefficient (Wildman–Crippen LogP) is 1.06. The monoisotopic (exact) mass is 311 g/mol. The Kier molecular flexibility index (Phi) is 3.31. The van der Waals surface area contributed by atoms with Gasteiger partial charge in [0.15, 0.2) is 5.17 Å². The van der Waals surface area contributed by atoms with Crippen molar-refractivity contribution in [2.24, 2.45) is 10.1 Å². The van der Waals surface area contributed by atoms with Crippen LogP contribution in [-0.2, 0) is 14.8 Å². The Morgan fingerprint density at radius 1 is 1.25 bits per heavy atom. The van der Waals surface area contributed by atoms with Crippen LogP contribution in [0.25, 0.3) is 0 Å². The zero-order valence-corrected chi connectivity index (χ0v) is 12.2. The van der Waals surface area contributed by atoms with Gasteiger partial charge in [0, 0.05) is 6.04 Å². The summed E-state index contributed by atoms with van der Waals surface area (Å²) in [5.41, 5.74) is 0.611. The van der Waals surface area contributed by atoms with Gasteiger partial charge in [-0.1, -0.05) is 11.8 Å². The first-order chi connectivity index (χ1) is 9.45. The molecule has 6 nitrogen and oxygen atoms in total. The minimum absolute atomic E-state index is 0.0515. The van der Waals surface area contributed by atoms with Crippen molar-refractivity contribution in [3.63, 3.8) is 0 Å². The highest BCUT2D eigenvalue weighted by Crippen LogP contribution is 2.35. The minimum Gasteiger partial charge on any atom is -0.287 e. The summed E-state index contributed by atoms with van der Waals surface area (Å²) in [6.45, 7) is 0. The highest BCUT2D eigenvalue weighted by Gasteiger charge is 2.39. The zero-order chi connectivity index (χ0) is 14.3. The number of benzene rings is 1. The lowest BCUT2D eigenvalue weighted by Gasteiger charge is -2.14. The molecule has 0 unspecified atom stereocenters. The Balaban J connectivity index is 1.86. The summed E-state index contributed by atoms with van der Waals surface area (Å²) in [4.78, 5) is 18.0. The number of rotatable bonds is 3. The Hall–Kier alpha value is -1.38. The standard InChI is InChI=1S/C12H13N3O3S2/c13-20(17,18)10-5-1-8(2-6-10)14-12-15(9-3-4-9)11(16)7-19-12/h1-2,5-6,9H,3-4,7H2,(H2,13,17,18)/b14-12-. The van der Waals surface area contributed by atoms with Crippen LogP contribution in [0, 0.1) is 0 Å². The molecular formula is C12H13N3O3S2. The molecule has 0 atom stereocenters. The van der Waals surface area contributed by atoms with Gasteiger partial charge in [-0.3, -0.25) is 9.69 Å². The number of carbonyl (C=O) groups excluding carboxylic acids is 1. The van der Waals surface area contributed by atoms with Crippen LogP contribution in [0.2, 0.25) is 0 Å². The first-order valence-corrected chi connectivity index (χ1v) is 8.65. The van der Waals surface area contributed by atoms with Crippen LogP contribution in [0.15, 0.2) is 34.2 Å². The van der Waals surface area contributed by atoms with Gasteiger partial charge >= 0.3 is 0 Å². The summed E-state index contributed by atoms with van der Waals surface area (Å²) in [6, 6.07) is 6.29. The number of nitrogens with zero attached hydrogens (tertiary/aromatic N) is 2. The lowest BCUT2D eigenvalue weighted by Crippen LogP contribution is -2.31. The number of thioether (sulfide) groups is 1. The van der Waals surface area contributed by atoms with Crippen molar-refractivity contribution in [1.29, 1.82) is 0 Å². The molecule has 1 saturated carbocycles. The molecule has 8 heteroatoms. The summed E-state index contributed by atoms with van der Waals surface area (Å²) in [5, 5.41) is 5.73. The summed E-state index contributed by atoms with van der Waals surface area (Å²) < 4.78 is 22.3. The number of amidine groups is 1. The molecule has 1 heterocycles. The van der Waals surface area contributed by atoms with Crippen LogP contribution in [0.4, 0.5) is 5.69 Å². The maximum atomic E-state index is 11.8. The first kappa shape index (κ1) is 13.6. The van der Waals surface area contributed by atoms with Crippen molar-refractivity contribution in [2.75, 3.05) is 5.75 Å². The Bertz CT molecular complexity index is 678. The molecule has 1 aliphatic heterocycles. The number of hydrogen-bond donors (Lipinski definition) is 1. The molecule has 1 aromatic rings. The predicted molar refractivity (Wildman–Crippen MR) is 77.2 cm³/mol. The lowest BCUT2D eigenvalue weighted by molar-refractivity contribution is -0.124. The van der Waals surface area contributed by atoms with Crippen LogP contribution in [-0.4, -0.2) is 36.2 Å². The van der Waals surface area contributed by atoms with E-state index in [4.69, 9.17) is 5.14 Å². The van der Waals surface area contributed by atoms with Crippen LogP contribution < -0.4 is 5.14 Å². The van der Waals surface area contributed by atoms with Gasteiger partial charge in [0.1, 0.15) is 0 Å². The first-order valence-electron chi connectivity index (χ1n) is 6.11. The Morgan fingerprint density at radius 2 is 1.90 bits per heavy atom. The van der Waals surface area contributed by atoms with E-state index in [1.165, 1.54) is 23.9 Å². The van der Waals surface area contributed by atoms with Crippen molar-refractivity contribution >= 4 is 38.5 Å². The number of primary sulfonamides is 1. The number of amides is 1. The molecule has 0 bridgehead atoms. The fourth-order valence-corrected chi connectivity index (χ4v) is 3.44. The molecule has 0 radical (unpaired) electrons. The third-order valence-electron chi connectivity index (χ3n) is 3.10. The maximum absolute atomic E-state index is 11.8. The van der Waals surface area contributed by atoms with E-state index < -0.39 is 10.0 Å². The molecule has 20 heavy (non-hydrogen) atoms. The average Bonchev–Trinajstić information content (AvgIpc) is 3.15. The van der Waals surface area contributed by atoms with E-state index in [1.54, 1.807) is 17.0 Å². The van der Waals surface area contributed by atoms with Crippen LogP contribution in [0.3, 0.4) is 0 Å². The smallest absolute Gasteiger partial charge is 0.239 e. The molecule has 0 spiro atoms. The average molecular weight is 311 g/mol. The fraction of sp³-hybridized carbons (Fsp3) is 0.333. The molecule has 3 rings (SSSR count). The van der Waals surface area contributed by atoms with Gasteiger partial charge in [-0.25, -0.2) is 18.5 Å². The minimum atomic E-state index is -3.69. The van der Waals surface area contributed by atoms with Crippen molar-refractivity contribution in [3.05, 3.63) is 24.3 Å². The highest BCUT2D eigenvalue weighted by atomic mass is 32.2. The van der Waals surface area contributed by atoms with E-state index >= 15 is 0 Å². The summed E-state index contributed by atoms with van der Waals surface area (Å²) in [6.07, 6.45) is 2.05. The molecule has 1 saturated heterocycles. The number of carbonyl (C=O) groups is 1. The second-order valence-electron chi connectivity index (χ2n) is 4.72. The topological polar surface area (TPSA) is 92.8 Å². The molecule has 1 aliphatic carbocycles. The third-order valence-corrected chi connectivity index (χ3v) is 4.97. The molecule has 2 N–H and O–H groups in total. The highest BCUT2D eigenvalue weighted by molar-refractivity contribution is 8.15. The van der Waals surface area contributed by atoms with E-state index in [1.807, 2.05) is 0 Å². The quantitative estimate of drug-likeness (QED) is 0.903. The number of hydrogen-bond acceptors (Lipinski definition) is 5. The molecule has 1 aromatic carbocycles. The fourth-order valence-electron chi connectivity index (χ4n) is 1.97.